The first kappa shape index (κ1) is 8.75. The van der Waals surface area contributed by atoms with Gasteiger partial charge < -0.3 is 9.47 Å². The quantitative estimate of drug-likeness (QED) is 0.582. The minimum Gasteiger partial charge on any atom is -0.353 e. The fourth-order valence-electron chi connectivity index (χ4n) is 1.07. The van der Waals surface area contributed by atoms with Crippen molar-refractivity contribution in [2.75, 3.05) is 13.2 Å². The summed E-state index contributed by atoms with van der Waals surface area (Å²) >= 11 is 0. The highest BCUT2D eigenvalue weighted by atomic mass is 16.7. The Bertz CT molecular complexity index is 126. The third-order valence-corrected chi connectivity index (χ3v) is 1.70. The molecule has 1 aliphatic rings. The number of allylic oxidation sites excluding steroid dienone is 1. The molecule has 0 amide bonds. The van der Waals surface area contributed by atoms with Crippen LogP contribution in [-0.4, -0.2) is 19.5 Å². The van der Waals surface area contributed by atoms with Crippen LogP contribution in [0.15, 0.2) is 12.2 Å². The van der Waals surface area contributed by atoms with E-state index in [1.54, 1.807) is 0 Å². The van der Waals surface area contributed by atoms with Crippen LogP contribution in [0.3, 0.4) is 0 Å². The van der Waals surface area contributed by atoms with Crippen molar-refractivity contribution in [2.24, 2.45) is 0 Å². The Labute approximate surface area is 68.2 Å². The van der Waals surface area contributed by atoms with Crippen molar-refractivity contribution < 1.29 is 9.47 Å². The van der Waals surface area contributed by atoms with Crippen molar-refractivity contribution in [1.29, 1.82) is 0 Å². The van der Waals surface area contributed by atoms with E-state index in [0.717, 1.165) is 32.5 Å². The average molecular weight is 156 g/mol. The molecule has 0 spiro atoms. The lowest BCUT2D eigenvalue weighted by Gasteiger charge is -2.22. The van der Waals surface area contributed by atoms with Gasteiger partial charge in [0.1, 0.15) is 0 Å². The molecule has 0 unspecified atom stereocenters. The van der Waals surface area contributed by atoms with Crippen LogP contribution in [-0.2, 0) is 9.47 Å². The minimum absolute atomic E-state index is 0.0282. The summed E-state index contributed by atoms with van der Waals surface area (Å²) in [5.41, 5.74) is 1.20. The van der Waals surface area contributed by atoms with Gasteiger partial charge in [0.15, 0.2) is 6.29 Å². The molecular formula is C9H16O2. The Morgan fingerprint density at radius 1 is 1.45 bits per heavy atom. The number of ether oxygens (including phenoxy) is 2. The Hall–Kier alpha value is -0.340. The van der Waals surface area contributed by atoms with Gasteiger partial charge in [-0.25, -0.2) is 0 Å². The monoisotopic (exact) mass is 156 g/mol. The summed E-state index contributed by atoms with van der Waals surface area (Å²) < 4.78 is 10.7. The van der Waals surface area contributed by atoms with Gasteiger partial charge in [-0.15, -0.1) is 6.58 Å². The van der Waals surface area contributed by atoms with Gasteiger partial charge >= 0.3 is 0 Å². The summed E-state index contributed by atoms with van der Waals surface area (Å²) in [6, 6.07) is 0. The third-order valence-electron chi connectivity index (χ3n) is 1.70. The fourth-order valence-corrected chi connectivity index (χ4v) is 1.07. The van der Waals surface area contributed by atoms with Crippen molar-refractivity contribution in [3.8, 4) is 0 Å². The van der Waals surface area contributed by atoms with Gasteiger partial charge in [-0.05, 0) is 19.8 Å². The smallest absolute Gasteiger partial charge is 0.157 e. The highest BCUT2D eigenvalue weighted by Crippen LogP contribution is 2.12. The second-order valence-corrected chi connectivity index (χ2v) is 3.02. The van der Waals surface area contributed by atoms with E-state index in [2.05, 4.69) is 6.58 Å². The molecule has 2 heteroatoms. The highest BCUT2D eigenvalue weighted by molar-refractivity contribution is 4.87. The summed E-state index contributed by atoms with van der Waals surface area (Å²) in [5.74, 6) is 0. The second-order valence-electron chi connectivity index (χ2n) is 3.02. The van der Waals surface area contributed by atoms with Gasteiger partial charge in [0.2, 0.25) is 0 Å². The van der Waals surface area contributed by atoms with Crippen LogP contribution in [0, 0.1) is 0 Å². The van der Waals surface area contributed by atoms with Crippen LogP contribution in [0.1, 0.15) is 26.2 Å². The van der Waals surface area contributed by atoms with E-state index in [-0.39, 0.29) is 6.29 Å². The van der Waals surface area contributed by atoms with E-state index in [4.69, 9.17) is 9.47 Å². The van der Waals surface area contributed by atoms with Crippen LogP contribution >= 0.6 is 0 Å². The van der Waals surface area contributed by atoms with Crippen LogP contribution in [0.5, 0.6) is 0 Å². The molecule has 1 heterocycles. The standard InChI is InChI=1S/C9H16O2/c1-8(2)4-5-9-10-6-3-7-11-9/h9H,1,3-7H2,2H3. The molecule has 1 rings (SSSR count). The van der Waals surface area contributed by atoms with Crippen molar-refractivity contribution in [1.82, 2.24) is 0 Å². The fraction of sp³-hybridized carbons (Fsp3) is 0.778. The Morgan fingerprint density at radius 2 is 2.09 bits per heavy atom. The topological polar surface area (TPSA) is 18.5 Å². The van der Waals surface area contributed by atoms with Crippen molar-refractivity contribution in [3.63, 3.8) is 0 Å². The van der Waals surface area contributed by atoms with E-state index in [1.807, 2.05) is 6.92 Å². The largest absolute Gasteiger partial charge is 0.353 e. The molecule has 0 aromatic heterocycles. The van der Waals surface area contributed by atoms with Gasteiger partial charge in [-0.2, -0.15) is 0 Å². The minimum atomic E-state index is 0.0282. The lowest BCUT2D eigenvalue weighted by molar-refractivity contribution is -0.180. The van der Waals surface area contributed by atoms with Crippen LogP contribution in [0.25, 0.3) is 0 Å². The highest BCUT2D eigenvalue weighted by Gasteiger charge is 2.12. The van der Waals surface area contributed by atoms with Gasteiger partial charge in [-0.1, -0.05) is 5.57 Å². The van der Waals surface area contributed by atoms with E-state index >= 15 is 0 Å². The van der Waals surface area contributed by atoms with Crippen molar-refractivity contribution >= 4 is 0 Å². The lowest BCUT2D eigenvalue weighted by Crippen LogP contribution is -2.24. The van der Waals surface area contributed by atoms with Crippen molar-refractivity contribution in [2.45, 2.75) is 32.5 Å². The zero-order valence-electron chi connectivity index (χ0n) is 7.14. The molecule has 1 aliphatic heterocycles. The summed E-state index contributed by atoms with van der Waals surface area (Å²) in [6.07, 6.45) is 3.02. The molecule has 0 bridgehead atoms. The number of hydrogen-bond acceptors (Lipinski definition) is 2. The average Bonchev–Trinajstić information content (AvgIpc) is 2.03. The van der Waals surface area contributed by atoms with Gasteiger partial charge in [0, 0.05) is 6.42 Å². The lowest BCUT2D eigenvalue weighted by atomic mass is 10.2. The molecule has 2 nitrogen and oxygen atoms in total. The predicted octanol–water partition coefficient (Wildman–Crippen LogP) is 2.11. The maximum absolute atomic E-state index is 5.36. The maximum Gasteiger partial charge on any atom is 0.157 e. The van der Waals surface area contributed by atoms with Gasteiger partial charge in [0.25, 0.3) is 0 Å². The molecule has 0 N–H and O–H groups in total. The summed E-state index contributed by atoms with van der Waals surface area (Å²) in [7, 11) is 0. The van der Waals surface area contributed by atoms with Crippen LogP contribution in [0.2, 0.25) is 0 Å². The molecule has 1 fully saturated rings. The molecule has 11 heavy (non-hydrogen) atoms. The van der Waals surface area contributed by atoms with E-state index in [1.165, 1.54) is 5.57 Å². The number of rotatable bonds is 3. The summed E-state index contributed by atoms with van der Waals surface area (Å²) in [6.45, 7) is 7.56. The first-order valence-electron chi connectivity index (χ1n) is 4.16. The Kier molecular flexibility index (Phi) is 3.60. The normalized spacial score (nSPS) is 20.1. The van der Waals surface area contributed by atoms with Crippen LogP contribution in [0.4, 0.5) is 0 Å². The second kappa shape index (κ2) is 4.52. The molecule has 0 saturated carbocycles. The maximum atomic E-state index is 5.36. The van der Waals surface area contributed by atoms with Crippen LogP contribution < -0.4 is 0 Å². The van der Waals surface area contributed by atoms with Crippen molar-refractivity contribution in [3.05, 3.63) is 12.2 Å². The Balaban J connectivity index is 2.09. The molecule has 0 atom stereocenters. The van der Waals surface area contributed by atoms with E-state index in [0.29, 0.717) is 0 Å². The SMILES string of the molecule is C=C(C)CCC1OCCCO1. The van der Waals surface area contributed by atoms with Gasteiger partial charge in [-0.3, -0.25) is 0 Å². The molecule has 0 aromatic carbocycles. The summed E-state index contributed by atoms with van der Waals surface area (Å²) in [4.78, 5) is 0. The molecule has 0 aliphatic carbocycles. The molecule has 1 saturated heterocycles. The molecular weight excluding hydrogens is 140 g/mol. The third kappa shape index (κ3) is 3.54. The zero-order chi connectivity index (χ0) is 8.10. The van der Waals surface area contributed by atoms with E-state index < -0.39 is 0 Å². The first-order valence-corrected chi connectivity index (χ1v) is 4.16. The van der Waals surface area contributed by atoms with Gasteiger partial charge in [0.05, 0.1) is 13.2 Å². The predicted molar refractivity (Wildman–Crippen MR) is 44.4 cm³/mol. The summed E-state index contributed by atoms with van der Waals surface area (Å²) in [5, 5.41) is 0. The molecule has 0 radical (unpaired) electrons. The first-order chi connectivity index (χ1) is 5.29. The van der Waals surface area contributed by atoms with E-state index in [9.17, 15) is 0 Å². The molecule has 64 valence electrons. The zero-order valence-corrected chi connectivity index (χ0v) is 7.14. The Morgan fingerprint density at radius 3 is 2.64 bits per heavy atom. The molecule has 0 aromatic rings. The number of hydrogen-bond donors (Lipinski definition) is 0.